The number of pyridine rings is 1. The Morgan fingerprint density at radius 3 is 2.62 bits per heavy atom. The molecular weight excluding hydrogens is 446 g/mol. The van der Waals surface area contributed by atoms with Crippen LogP contribution in [-0.2, 0) is 6.54 Å². The summed E-state index contributed by atoms with van der Waals surface area (Å²) in [7, 11) is 0. The molecule has 4 rings (SSSR count). The molecule has 0 spiro atoms. The van der Waals surface area contributed by atoms with Crippen molar-refractivity contribution in [2.24, 2.45) is 0 Å². The average molecular weight is 467 g/mol. The lowest BCUT2D eigenvalue weighted by Crippen LogP contribution is -2.23. The maximum atomic E-state index is 14.0. The summed E-state index contributed by atoms with van der Waals surface area (Å²) in [6.07, 6.45) is 8.72. The molecule has 0 fully saturated rings. The van der Waals surface area contributed by atoms with Crippen LogP contribution in [0.1, 0.15) is 34.8 Å². The van der Waals surface area contributed by atoms with Gasteiger partial charge in [0.25, 0.3) is 5.91 Å². The summed E-state index contributed by atoms with van der Waals surface area (Å²) in [6.45, 7) is 1.82. The van der Waals surface area contributed by atoms with Gasteiger partial charge in [0.15, 0.2) is 0 Å². The van der Waals surface area contributed by atoms with E-state index in [0.29, 0.717) is 22.0 Å². The minimum Gasteiger partial charge on any atom is -0.348 e. The summed E-state index contributed by atoms with van der Waals surface area (Å²) in [5, 5.41) is 4.02. The zero-order valence-corrected chi connectivity index (χ0v) is 18.9. The lowest BCUT2D eigenvalue weighted by Gasteiger charge is -2.19. The van der Waals surface area contributed by atoms with Gasteiger partial charge in [0.2, 0.25) is 0 Å². The zero-order chi connectivity index (χ0) is 22.7. The second-order valence-corrected chi connectivity index (χ2v) is 8.72. The number of benzene rings is 2. The number of allylic oxidation sites excluding steroid dienone is 4. The fourth-order valence-corrected chi connectivity index (χ4v) is 3.97. The third-order valence-corrected chi connectivity index (χ3v) is 6.02. The number of aromatic nitrogens is 1. The van der Waals surface area contributed by atoms with Crippen LogP contribution in [-0.4, -0.2) is 16.6 Å². The van der Waals surface area contributed by atoms with E-state index in [0.717, 1.165) is 27.8 Å². The summed E-state index contributed by atoms with van der Waals surface area (Å²) < 4.78 is 14.0. The maximum absolute atomic E-state index is 14.0. The summed E-state index contributed by atoms with van der Waals surface area (Å²) in [5.74, 6) is -0.258. The molecule has 0 radical (unpaired) electrons. The Hall–Kier alpha value is -2.95. The summed E-state index contributed by atoms with van der Waals surface area (Å²) in [6, 6.07) is 14.8. The maximum Gasteiger partial charge on any atom is 0.253 e. The van der Waals surface area contributed by atoms with Crippen LogP contribution >= 0.6 is 23.2 Å². The van der Waals surface area contributed by atoms with E-state index < -0.39 is 5.67 Å². The number of nitrogens with zero attached hydrogens (tertiary/aromatic N) is 1. The number of carbonyl (C=O) groups excluding carboxylic acids is 1. The van der Waals surface area contributed by atoms with E-state index in [4.69, 9.17) is 23.2 Å². The predicted molar refractivity (Wildman–Crippen MR) is 129 cm³/mol. The zero-order valence-electron chi connectivity index (χ0n) is 17.4. The summed E-state index contributed by atoms with van der Waals surface area (Å²) >= 11 is 12.7. The molecule has 1 atom stereocenters. The van der Waals surface area contributed by atoms with Gasteiger partial charge in [0, 0.05) is 46.5 Å². The molecule has 3 aromatic rings. The molecule has 1 unspecified atom stereocenters. The highest BCUT2D eigenvalue weighted by atomic mass is 35.5. The van der Waals surface area contributed by atoms with E-state index in [1.807, 2.05) is 42.5 Å². The molecule has 0 aliphatic heterocycles. The topological polar surface area (TPSA) is 42.0 Å². The van der Waals surface area contributed by atoms with Gasteiger partial charge in [-0.05, 0) is 47.9 Å². The van der Waals surface area contributed by atoms with Crippen molar-refractivity contribution in [3.8, 4) is 11.1 Å². The van der Waals surface area contributed by atoms with Gasteiger partial charge in [-0.2, -0.15) is 0 Å². The van der Waals surface area contributed by atoms with Crippen molar-refractivity contribution in [2.75, 3.05) is 0 Å². The largest absolute Gasteiger partial charge is 0.348 e. The smallest absolute Gasteiger partial charge is 0.253 e. The van der Waals surface area contributed by atoms with Crippen LogP contribution in [0.4, 0.5) is 4.39 Å². The van der Waals surface area contributed by atoms with E-state index in [1.54, 1.807) is 37.4 Å². The van der Waals surface area contributed by atoms with Gasteiger partial charge in [-0.3, -0.25) is 9.78 Å². The first-order valence-corrected chi connectivity index (χ1v) is 10.9. The Morgan fingerprint density at radius 1 is 1.09 bits per heavy atom. The molecule has 2 aromatic carbocycles. The lowest BCUT2D eigenvalue weighted by molar-refractivity contribution is 0.0950. The SMILES string of the molecule is CC1(F)C=CC(c2ccc(CNC(=O)c3cncc(-c4ccccc4Cl)c3)c(Cl)c2)=CC1. The number of hydrogen-bond donors (Lipinski definition) is 1. The van der Waals surface area contributed by atoms with Gasteiger partial charge < -0.3 is 5.32 Å². The van der Waals surface area contributed by atoms with Crippen molar-refractivity contribution in [2.45, 2.75) is 25.6 Å². The molecule has 0 saturated carbocycles. The number of nitrogens with one attached hydrogen (secondary N) is 1. The van der Waals surface area contributed by atoms with Crippen LogP contribution < -0.4 is 5.32 Å². The monoisotopic (exact) mass is 466 g/mol. The first-order chi connectivity index (χ1) is 15.3. The fraction of sp³-hybridized carbons (Fsp3) is 0.154. The van der Waals surface area contributed by atoms with Crippen LogP contribution in [0.2, 0.25) is 10.0 Å². The van der Waals surface area contributed by atoms with Gasteiger partial charge in [-0.15, -0.1) is 0 Å². The molecule has 1 aromatic heterocycles. The highest BCUT2D eigenvalue weighted by Crippen LogP contribution is 2.31. The van der Waals surface area contributed by atoms with Crippen LogP contribution in [0, 0.1) is 0 Å². The molecule has 1 N–H and O–H groups in total. The average Bonchev–Trinajstić information content (AvgIpc) is 2.78. The van der Waals surface area contributed by atoms with Gasteiger partial charge in [0.05, 0.1) is 5.56 Å². The third kappa shape index (κ3) is 5.09. The first-order valence-electron chi connectivity index (χ1n) is 10.2. The highest BCUT2D eigenvalue weighted by molar-refractivity contribution is 6.33. The number of amides is 1. The number of halogens is 3. The second-order valence-electron chi connectivity index (χ2n) is 7.91. The van der Waals surface area contributed by atoms with E-state index in [9.17, 15) is 9.18 Å². The normalized spacial score (nSPS) is 17.7. The van der Waals surface area contributed by atoms with Crippen LogP contribution in [0.3, 0.4) is 0 Å². The minimum atomic E-state index is -1.31. The number of hydrogen-bond acceptors (Lipinski definition) is 2. The quantitative estimate of drug-likeness (QED) is 0.437. The minimum absolute atomic E-state index is 0.258. The summed E-state index contributed by atoms with van der Waals surface area (Å²) in [4.78, 5) is 16.9. The van der Waals surface area contributed by atoms with Gasteiger partial charge in [-0.25, -0.2) is 4.39 Å². The highest BCUT2D eigenvalue weighted by Gasteiger charge is 2.21. The van der Waals surface area contributed by atoms with Crippen LogP contribution in [0.15, 0.2) is 79.2 Å². The fourth-order valence-electron chi connectivity index (χ4n) is 3.48. The van der Waals surface area contributed by atoms with E-state index >= 15 is 0 Å². The summed E-state index contributed by atoms with van der Waals surface area (Å²) in [5.41, 5.74) is 3.33. The number of alkyl halides is 1. The predicted octanol–water partition coefficient (Wildman–Crippen LogP) is 7.06. The van der Waals surface area contributed by atoms with Crippen molar-refractivity contribution in [3.05, 3.63) is 106 Å². The molecule has 1 aliphatic carbocycles. The third-order valence-electron chi connectivity index (χ3n) is 5.34. The Balaban J connectivity index is 1.45. The first kappa shape index (κ1) is 22.3. The molecular formula is C26H21Cl2FN2O. The van der Waals surface area contributed by atoms with Crippen molar-refractivity contribution in [3.63, 3.8) is 0 Å². The van der Waals surface area contributed by atoms with Gasteiger partial charge in [-0.1, -0.05) is 65.7 Å². The Kier molecular flexibility index (Phi) is 6.45. The van der Waals surface area contributed by atoms with Crippen molar-refractivity contribution >= 4 is 34.7 Å². The van der Waals surface area contributed by atoms with Crippen LogP contribution in [0.5, 0.6) is 0 Å². The Morgan fingerprint density at radius 2 is 1.91 bits per heavy atom. The lowest BCUT2D eigenvalue weighted by atomic mass is 9.92. The Bertz CT molecular complexity index is 1230. The number of rotatable bonds is 5. The molecule has 1 heterocycles. The molecule has 0 bridgehead atoms. The van der Waals surface area contributed by atoms with Crippen molar-refractivity contribution < 1.29 is 9.18 Å². The molecule has 32 heavy (non-hydrogen) atoms. The van der Waals surface area contributed by atoms with E-state index in [1.165, 1.54) is 6.20 Å². The second kappa shape index (κ2) is 9.27. The van der Waals surface area contributed by atoms with Crippen molar-refractivity contribution in [1.29, 1.82) is 0 Å². The molecule has 1 amide bonds. The van der Waals surface area contributed by atoms with Gasteiger partial charge >= 0.3 is 0 Å². The van der Waals surface area contributed by atoms with Gasteiger partial charge in [0.1, 0.15) is 5.67 Å². The molecule has 1 aliphatic rings. The van der Waals surface area contributed by atoms with Crippen LogP contribution in [0.25, 0.3) is 16.7 Å². The van der Waals surface area contributed by atoms with E-state index in [-0.39, 0.29) is 12.5 Å². The van der Waals surface area contributed by atoms with E-state index in [2.05, 4.69) is 10.3 Å². The standard InChI is InChI=1S/C26H21Cl2FN2O/c1-26(29)10-8-17(9-11-26)18-6-7-19(24(28)13-18)16-31-25(32)21-12-20(14-30-15-21)22-4-2-3-5-23(22)27/h2-10,12-15H,11,16H2,1H3,(H,31,32). The Labute approximate surface area is 196 Å². The molecule has 3 nitrogen and oxygen atoms in total. The molecule has 0 saturated heterocycles. The molecule has 6 heteroatoms. The van der Waals surface area contributed by atoms with Crippen molar-refractivity contribution in [1.82, 2.24) is 10.3 Å². The number of carbonyl (C=O) groups is 1. The molecule has 162 valence electrons.